The highest BCUT2D eigenvalue weighted by atomic mass is 32.1. The number of rotatable bonds is 12. The van der Waals surface area contributed by atoms with E-state index in [1.165, 1.54) is 12.3 Å². The van der Waals surface area contributed by atoms with Gasteiger partial charge in [-0.1, -0.05) is 62.3 Å². The first-order valence-corrected chi connectivity index (χ1v) is 17.7. The van der Waals surface area contributed by atoms with Crippen molar-refractivity contribution in [2.24, 2.45) is 11.8 Å². The summed E-state index contributed by atoms with van der Waals surface area (Å²) in [6, 6.07) is 2.75. The third-order valence-corrected chi connectivity index (χ3v) is 10.5. The Balaban J connectivity index is 1.34. The number of ketones is 1. The van der Waals surface area contributed by atoms with Gasteiger partial charge >= 0.3 is 0 Å². The zero-order chi connectivity index (χ0) is 35.2. The summed E-state index contributed by atoms with van der Waals surface area (Å²) < 4.78 is 24.4. The first-order chi connectivity index (χ1) is 23.4. The van der Waals surface area contributed by atoms with Crippen molar-refractivity contribution in [1.29, 1.82) is 0 Å². The summed E-state index contributed by atoms with van der Waals surface area (Å²) in [5.41, 5.74) is 1.12. The molecular weight excluding hydrogens is 651 g/mol. The summed E-state index contributed by atoms with van der Waals surface area (Å²) in [4.78, 5) is 58.1. The molecule has 264 valence electrons. The summed E-state index contributed by atoms with van der Waals surface area (Å²) in [5, 5.41) is 17.1. The molecule has 13 nitrogen and oxygen atoms in total. The van der Waals surface area contributed by atoms with Crippen LogP contribution in [-0.2, 0) is 16.0 Å². The van der Waals surface area contributed by atoms with Crippen LogP contribution in [0.1, 0.15) is 102 Å². The summed E-state index contributed by atoms with van der Waals surface area (Å²) in [6.07, 6.45) is 4.48. The molecule has 1 saturated carbocycles. The second kappa shape index (κ2) is 16.1. The van der Waals surface area contributed by atoms with E-state index in [0.29, 0.717) is 43.4 Å². The smallest absolute Gasteiger partial charge is 0.276 e. The minimum absolute atomic E-state index is 0.0425. The molecule has 0 radical (unpaired) electrons. The highest BCUT2D eigenvalue weighted by Crippen LogP contribution is 2.32. The fourth-order valence-corrected chi connectivity index (χ4v) is 7.02. The fourth-order valence-electron chi connectivity index (χ4n) is 6.61. The number of hydrogen-bond donors (Lipinski definition) is 2. The van der Waals surface area contributed by atoms with E-state index < -0.39 is 35.6 Å². The molecule has 1 aromatic carbocycles. The van der Waals surface area contributed by atoms with Crippen LogP contribution in [0.2, 0.25) is 0 Å². The Morgan fingerprint density at radius 2 is 1.71 bits per heavy atom. The predicted molar refractivity (Wildman–Crippen MR) is 180 cm³/mol. The number of benzene rings is 1. The number of hydrogen-bond acceptors (Lipinski definition) is 11. The van der Waals surface area contributed by atoms with Crippen LogP contribution in [-0.4, -0.2) is 98.5 Å². The first-order valence-electron chi connectivity index (χ1n) is 16.9. The Bertz CT molecular complexity index is 1620. The molecule has 0 bridgehead atoms. The molecule has 2 aliphatic rings. The van der Waals surface area contributed by atoms with Crippen LogP contribution >= 0.6 is 11.5 Å². The summed E-state index contributed by atoms with van der Waals surface area (Å²) in [5.74, 6) is -2.47. The van der Waals surface area contributed by atoms with Crippen molar-refractivity contribution in [1.82, 2.24) is 40.3 Å². The van der Waals surface area contributed by atoms with Crippen LogP contribution in [0.5, 0.6) is 0 Å². The van der Waals surface area contributed by atoms with Gasteiger partial charge in [-0.2, -0.15) is 0 Å². The monoisotopic (exact) mass is 696 g/mol. The minimum atomic E-state index is -0.972. The number of Topliss-reactive ketones (excluding diaryl/α,β-unsaturated/α-hetero) is 1. The average molecular weight is 697 g/mol. The summed E-state index contributed by atoms with van der Waals surface area (Å²) >= 11 is 0.921. The standard InChI is InChI=1S/C34H45FN8O5S/c1-19(2)28-31(40-48-39-28)33(46)38-30(22-8-6-20(3)7-9-22)26(44)17-24-11-10-23(16-25(24)35)21(4)29(37-32(45)27-18-36-41-49-27)34(47)43-14-12-42(5)13-15-43/h10-11,16,18-22,29-30H,6-9,12-15,17H2,1-5H3,(H,37,45)(H,38,46)/t20?,21-,22?,29+,30-/m0/s1. The second-order valence-electron chi connectivity index (χ2n) is 13.8. The van der Waals surface area contributed by atoms with Crippen LogP contribution in [0.4, 0.5) is 4.39 Å². The van der Waals surface area contributed by atoms with Crippen LogP contribution < -0.4 is 10.6 Å². The minimum Gasteiger partial charge on any atom is -0.340 e. The van der Waals surface area contributed by atoms with E-state index in [-0.39, 0.29) is 46.1 Å². The van der Waals surface area contributed by atoms with Gasteiger partial charge in [-0.15, -0.1) is 5.10 Å². The molecule has 1 aliphatic carbocycles. The van der Waals surface area contributed by atoms with E-state index in [1.807, 2.05) is 20.9 Å². The molecule has 2 aromatic heterocycles. The Kier molecular flexibility index (Phi) is 11.9. The van der Waals surface area contributed by atoms with Gasteiger partial charge in [-0.25, -0.2) is 9.02 Å². The maximum Gasteiger partial charge on any atom is 0.276 e. The van der Waals surface area contributed by atoms with Gasteiger partial charge in [-0.3, -0.25) is 19.2 Å². The molecule has 3 atom stereocenters. The number of nitrogens with zero attached hydrogens (tertiary/aromatic N) is 6. The number of amides is 3. The molecule has 0 spiro atoms. The highest BCUT2D eigenvalue weighted by molar-refractivity contribution is 7.07. The van der Waals surface area contributed by atoms with Crippen LogP contribution in [0, 0.1) is 17.7 Å². The Morgan fingerprint density at radius 3 is 2.35 bits per heavy atom. The number of halogens is 1. The van der Waals surface area contributed by atoms with Crippen molar-refractivity contribution in [3.63, 3.8) is 0 Å². The van der Waals surface area contributed by atoms with Gasteiger partial charge in [-0.05, 0) is 65.6 Å². The number of aromatic nitrogens is 4. The van der Waals surface area contributed by atoms with Gasteiger partial charge in [0.25, 0.3) is 11.8 Å². The summed E-state index contributed by atoms with van der Waals surface area (Å²) in [6.45, 7) is 10.1. The normalized spacial score (nSPS) is 20.4. The maximum absolute atomic E-state index is 15.8. The molecule has 3 amide bonds. The lowest BCUT2D eigenvalue weighted by Crippen LogP contribution is -2.55. The molecule has 2 fully saturated rings. The molecule has 3 heterocycles. The number of nitrogens with one attached hydrogen (secondary N) is 2. The van der Waals surface area contributed by atoms with Gasteiger partial charge in [0.2, 0.25) is 5.91 Å². The van der Waals surface area contributed by atoms with Crippen LogP contribution in [0.15, 0.2) is 29.0 Å². The number of piperazine rings is 1. The van der Waals surface area contributed by atoms with Gasteiger partial charge in [0, 0.05) is 44.4 Å². The Hall–Kier alpha value is -4.11. The molecule has 2 N–H and O–H groups in total. The van der Waals surface area contributed by atoms with Gasteiger partial charge in [0.05, 0.1) is 12.2 Å². The molecule has 49 heavy (non-hydrogen) atoms. The van der Waals surface area contributed by atoms with E-state index in [2.05, 4.69) is 42.4 Å². The van der Waals surface area contributed by atoms with Gasteiger partial charge in [0.15, 0.2) is 11.5 Å². The van der Waals surface area contributed by atoms with Crippen LogP contribution in [0.3, 0.4) is 0 Å². The van der Waals surface area contributed by atoms with Crippen molar-refractivity contribution in [2.75, 3.05) is 33.2 Å². The molecule has 1 aliphatic heterocycles. The third-order valence-electron chi connectivity index (χ3n) is 9.86. The largest absolute Gasteiger partial charge is 0.340 e. The van der Waals surface area contributed by atoms with Gasteiger partial charge < -0.3 is 20.4 Å². The Morgan fingerprint density at radius 1 is 1.00 bits per heavy atom. The van der Waals surface area contributed by atoms with Crippen molar-refractivity contribution in [2.45, 2.75) is 83.7 Å². The van der Waals surface area contributed by atoms with Crippen LogP contribution in [0.25, 0.3) is 0 Å². The quantitative estimate of drug-likeness (QED) is 0.286. The highest BCUT2D eigenvalue weighted by Gasteiger charge is 2.36. The zero-order valence-electron chi connectivity index (χ0n) is 28.6. The molecule has 1 saturated heterocycles. The van der Waals surface area contributed by atoms with E-state index in [4.69, 9.17) is 4.63 Å². The fraction of sp³-hybridized carbons (Fsp3) is 0.588. The Labute approximate surface area is 289 Å². The van der Waals surface area contributed by atoms with E-state index >= 15 is 4.39 Å². The van der Waals surface area contributed by atoms with E-state index in [9.17, 15) is 19.2 Å². The van der Waals surface area contributed by atoms with Crippen molar-refractivity contribution < 1.29 is 28.2 Å². The van der Waals surface area contributed by atoms with Gasteiger partial charge in [0.1, 0.15) is 22.4 Å². The van der Waals surface area contributed by atoms with E-state index in [1.54, 1.807) is 24.0 Å². The molecule has 3 aromatic rings. The second-order valence-corrected chi connectivity index (χ2v) is 14.6. The molecular formula is C34H45FN8O5S. The molecule has 0 unspecified atom stereocenters. The SMILES string of the molecule is CC1CCC([C@H](NC(=O)c2nonc2C(C)C)C(=O)Cc2ccc([C@H](C)[C@@H](NC(=O)c3cnns3)C(=O)N3CCN(C)CC3)cc2F)CC1. The number of likely N-dealkylation sites (N-methyl/N-ethyl adjacent to an activating group) is 1. The lowest BCUT2D eigenvalue weighted by Gasteiger charge is -2.36. The lowest BCUT2D eigenvalue weighted by molar-refractivity contribution is -0.135. The third kappa shape index (κ3) is 8.74. The van der Waals surface area contributed by atoms with Crippen molar-refractivity contribution >= 4 is 35.0 Å². The first kappa shape index (κ1) is 36.2. The summed E-state index contributed by atoms with van der Waals surface area (Å²) in [7, 11) is 1.98. The molecule has 5 rings (SSSR count). The molecule has 15 heteroatoms. The topological polar surface area (TPSA) is 164 Å². The average Bonchev–Trinajstić information content (AvgIpc) is 3.81. The van der Waals surface area contributed by atoms with Crippen molar-refractivity contribution in [3.05, 3.63) is 57.6 Å². The maximum atomic E-state index is 15.8. The predicted octanol–water partition coefficient (Wildman–Crippen LogP) is 3.60. The number of carbonyl (C=O) groups excluding carboxylic acids is 4. The van der Waals surface area contributed by atoms with Crippen molar-refractivity contribution in [3.8, 4) is 0 Å². The lowest BCUT2D eigenvalue weighted by atomic mass is 9.77. The number of carbonyl (C=O) groups is 4. The van der Waals surface area contributed by atoms with E-state index in [0.717, 1.165) is 37.2 Å². The zero-order valence-corrected chi connectivity index (χ0v) is 29.5.